The van der Waals surface area contributed by atoms with Crippen molar-refractivity contribution < 1.29 is 33.8 Å². The number of carboxylic acid groups (broad SMARTS) is 1. The molecule has 224 valence electrons. The summed E-state index contributed by atoms with van der Waals surface area (Å²) >= 11 is 0. The normalized spacial score (nSPS) is 18.9. The Kier molecular flexibility index (Phi) is 10.6. The van der Waals surface area contributed by atoms with Crippen LogP contribution < -0.4 is 10.2 Å². The first-order chi connectivity index (χ1) is 20.3. The van der Waals surface area contributed by atoms with E-state index in [1.54, 1.807) is 17.3 Å². The fourth-order valence-electron chi connectivity index (χ4n) is 5.30. The number of methoxy groups -OCH3 is 1. The molecular formula is C29H36N6O7. The van der Waals surface area contributed by atoms with Crippen molar-refractivity contribution >= 4 is 35.7 Å². The molecule has 2 N–H and O–H groups in total. The zero-order valence-electron chi connectivity index (χ0n) is 23.5. The van der Waals surface area contributed by atoms with Crippen molar-refractivity contribution in [1.29, 1.82) is 0 Å². The monoisotopic (exact) mass is 580 g/mol. The maximum Gasteiger partial charge on any atom is 0.323 e. The second kappa shape index (κ2) is 14.5. The number of ether oxygens (including phenoxy) is 1. The molecule has 2 unspecified atom stereocenters. The molecule has 2 aliphatic heterocycles. The summed E-state index contributed by atoms with van der Waals surface area (Å²) in [6.45, 7) is 1.90. The van der Waals surface area contributed by atoms with Gasteiger partial charge in [-0.1, -0.05) is 30.3 Å². The number of aldehydes is 1. The van der Waals surface area contributed by atoms with Gasteiger partial charge < -0.3 is 39.6 Å². The molecule has 2 saturated heterocycles. The predicted octanol–water partition coefficient (Wildman–Crippen LogP) is -0.383. The Morgan fingerprint density at radius 2 is 1.74 bits per heavy atom. The third-order valence-corrected chi connectivity index (χ3v) is 7.57. The minimum absolute atomic E-state index is 0.0153. The van der Waals surface area contributed by atoms with Crippen LogP contribution in [0.1, 0.15) is 12.0 Å². The van der Waals surface area contributed by atoms with Crippen molar-refractivity contribution in [3.8, 4) is 0 Å². The molecule has 0 spiro atoms. The topological polar surface area (TPSA) is 153 Å². The molecule has 3 amide bonds. The van der Waals surface area contributed by atoms with Crippen LogP contribution in [0.15, 0.2) is 54.9 Å². The van der Waals surface area contributed by atoms with Gasteiger partial charge in [-0.05, 0) is 17.7 Å². The highest BCUT2D eigenvalue weighted by Crippen LogP contribution is 2.20. The van der Waals surface area contributed by atoms with Crippen molar-refractivity contribution in [3.63, 3.8) is 0 Å². The minimum atomic E-state index is -1.35. The quantitative estimate of drug-likeness (QED) is 0.318. The van der Waals surface area contributed by atoms with Crippen LogP contribution in [0.4, 0.5) is 5.69 Å². The molecule has 2 aliphatic rings. The molecule has 13 heteroatoms. The number of rotatable bonds is 12. The van der Waals surface area contributed by atoms with Crippen molar-refractivity contribution in [2.45, 2.75) is 31.2 Å². The number of hydrogen-bond donors (Lipinski definition) is 2. The van der Waals surface area contributed by atoms with Crippen LogP contribution in [0, 0.1) is 0 Å². The van der Waals surface area contributed by atoms with Gasteiger partial charge >= 0.3 is 5.97 Å². The van der Waals surface area contributed by atoms with E-state index in [0.717, 1.165) is 16.2 Å². The summed E-state index contributed by atoms with van der Waals surface area (Å²) in [5, 5.41) is 12.4. The molecule has 1 aromatic heterocycles. The standard InChI is InChI=1S/C29H36N6O7/c1-42-24(20-36)27-29(41)34(19-26(38)39)15-16-35(27)28(40)23(31-18-21-5-3-2-4-6-21)17-25(37)33-13-11-32(12-14-33)22-7-9-30-10-8-22/h2-10,20,23-24,27,31H,11-19H2,1H3,(H,38,39)/t23?,24?,27-/m0/s1. The molecule has 0 radical (unpaired) electrons. The first-order valence-electron chi connectivity index (χ1n) is 13.8. The Balaban J connectivity index is 1.51. The first kappa shape index (κ1) is 30.6. The molecule has 13 nitrogen and oxygen atoms in total. The Hall–Kier alpha value is -4.36. The lowest BCUT2D eigenvalue weighted by molar-refractivity contribution is -0.163. The van der Waals surface area contributed by atoms with Crippen LogP contribution in [0.3, 0.4) is 0 Å². The highest BCUT2D eigenvalue weighted by atomic mass is 16.5. The smallest absolute Gasteiger partial charge is 0.323 e. The van der Waals surface area contributed by atoms with Crippen LogP contribution in [-0.2, 0) is 35.3 Å². The van der Waals surface area contributed by atoms with Crippen molar-refractivity contribution in [2.75, 3.05) is 57.8 Å². The second-order valence-electron chi connectivity index (χ2n) is 10.2. The fourth-order valence-corrected chi connectivity index (χ4v) is 5.30. The number of nitrogens with zero attached hydrogens (tertiary/aromatic N) is 5. The maximum absolute atomic E-state index is 14.0. The fraction of sp³-hybridized carbons (Fsp3) is 0.448. The summed E-state index contributed by atoms with van der Waals surface area (Å²) in [5.41, 5.74) is 1.92. The van der Waals surface area contributed by atoms with Crippen LogP contribution in [0.25, 0.3) is 0 Å². The number of nitrogens with one attached hydrogen (secondary N) is 1. The van der Waals surface area contributed by atoms with Crippen LogP contribution >= 0.6 is 0 Å². The van der Waals surface area contributed by atoms with E-state index >= 15 is 0 Å². The van der Waals surface area contributed by atoms with Gasteiger partial charge in [0.15, 0.2) is 6.29 Å². The summed E-state index contributed by atoms with van der Waals surface area (Å²) in [5.74, 6) is -2.66. The van der Waals surface area contributed by atoms with Crippen LogP contribution in [0.2, 0.25) is 0 Å². The van der Waals surface area contributed by atoms with E-state index in [1.165, 1.54) is 12.0 Å². The van der Waals surface area contributed by atoms with Gasteiger partial charge in [0.05, 0.1) is 12.5 Å². The second-order valence-corrected chi connectivity index (χ2v) is 10.2. The first-order valence-corrected chi connectivity index (χ1v) is 13.8. The van der Waals surface area contributed by atoms with Crippen LogP contribution in [0.5, 0.6) is 0 Å². The van der Waals surface area contributed by atoms with Gasteiger partial charge in [0.2, 0.25) is 17.7 Å². The molecule has 2 fully saturated rings. The lowest BCUT2D eigenvalue weighted by Gasteiger charge is -2.43. The van der Waals surface area contributed by atoms with Crippen molar-refractivity contribution in [2.24, 2.45) is 0 Å². The number of piperazine rings is 2. The number of aromatic nitrogens is 1. The lowest BCUT2D eigenvalue weighted by Crippen LogP contribution is -2.66. The molecule has 42 heavy (non-hydrogen) atoms. The molecule has 0 aliphatic carbocycles. The summed E-state index contributed by atoms with van der Waals surface area (Å²) < 4.78 is 5.21. The number of anilines is 1. The minimum Gasteiger partial charge on any atom is -0.480 e. The van der Waals surface area contributed by atoms with Gasteiger partial charge in [-0.3, -0.25) is 24.2 Å². The van der Waals surface area contributed by atoms with Crippen LogP contribution in [-0.4, -0.2) is 126 Å². The number of aliphatic carboxylic acids is 1. The number of benzene rings is 1. The lowest BCUT2D eigenvalue weighted by atomic mass is 10.0. The number of carboxylic acids is 1. The number of hydrogen-bond acceptors (Lipinski definition) is 9. The van der Waals surface area contributed by atoms with Gasteiger partial charge in [0.1, 0.15) is 18.7 Å². The van der Waals surface area contributed by atoms with Crippen molar-refractivity contribution in [1.82, 2.24) is 25.0 Å². The Morgan fingerprint density at radius 1 is 1.05 bits per heavy atom. The van der Waals surface area contributed by atoms with E-state index in [1.807, 2.05) is 42.5 Å². The number of amides is 3. The Bertz CT molecular complexity index is 1240. The zero-order chi connectivity index (χ0) is 30.1. The molecule has 4 rings (SSSR count). The largest absolute Gasteiger partial charge is 0.480 e. The van der Waals surface area contributed by atoms with E-state index in [0.29, 0.717) is 39.0 Å². The third-order valence-electron chi connectivity index (χ3n) is 7.57. The Labute approximate surface area is 244 Å². The van der Waals surface area contributed by atoms with E-state index in [4.69, 9.17) is 4.74 Å². The van der Waals surface area contributed by atoms with Crippen molar-refractivity contribution in [3.05, 3.63) is 60.4 Å². The van der Waals surface area contributed by atoms with Gasteiger partial charge in [-0.25, -0.2) is 0 Å². The molecular weight excluding hydrogens is 544 g/mol. The number of carbonyl (C=O) groups is 5. The highest BCUT2D eigenvalue weighted by Gasteiger charge is 2.45. The molecule has 0 bridgehead atoms. The van der Waals surface area contributed by atoms with E-state index < -0.39 is 42.5 Å². The van der Waals surface area contributed by atoms with E-state index in [-0.39, 0.29) is 25.4 Å². The highest BCUT2D eigenvalue weighted by molar-refractivity contribution is 5.96. The van der Waals surface area contributed by atoms with Gasteiger partial charge in [-0.2, -0.15) is 0 Å². The Morgan fingerprint density at radius 3 is 2.36 bits per heavy atom. The molecule has 1 aromatic carbocycles. The summed E-state index contributed by atoms with van der Waals surface area (Å²) in [4.78, 5) is 74.2. The summed E-state index contributed by atoms with van der Waals surface area (Å²) in [6, 6.07) is 10.9. The van der Waals surface area contributed by atoms with Gasteiger partial charge in [0.25, 0.3) is 0 Å². The van der Waals surface area contributed by atoms with Gasteiger partial charge in [0, 0.05) is 71.0 Å². The molecule has 3 heterocycles. The van der Waals surface area contributed by atoms with Gasteiger partial charge in [-0.15, -0.1) is 0 Å². The van der Waals surface area contributed by atoms with E-state index in [2.05, 4.69) is 15.2 Å². The molecule has 2 aromatic rings. The number of carbonyl (C=O) groups excluding carboxylic acids is 4. The van der Waals surface area contributed by atoms with E-state index in [9.17, 15) is 29.1 Å². The average molecular weight is 581 g/mol. The SMILES string of the molecule is COC(C=O)[C@H]1C(=O)N(CC(=O)O)CCN1C(=O)C(CC(=O)N1CCN(c2ccncc2)CC1)NCc1ccccc1. The predicted molar refractivity (Wildman–Crippen MR) is 151 cm³/mol. The number of pyridine rings is 1. The average Bonchev–Trinajstić information content (AvgIpc) is 3.02. The maximum atomic E-state index is 14.0. The summed E-state index contributed by atoms with van der Waals surface area (Å²) in [6.07, 6.45) is 2.41. The zero-order valence-corrected chi connectivity index (χ0v) is 23.5. The molecule has 3 atom stereocenters. The molecule has 0 saturated carbocycles. The third kappa shape index (κ3) is 7.47. The summed E-state index contributed by atoms with van der Waals surface area (Å²) in [7, 11) is 1.24.